The number of hydrogen-bond acceptors (Lipinski definition) is 4. The summed E-state index contributed by atoms with van der Waals surface area (Å²) >= 11 is 0. The Hall–Kier alpha value is -2.82. The number of anilines is 2. The number of nitrogens with zero attached hydrogens (tertiary/aromatic N) is 1. The first kappa shape index (κ1) is 11.3. The molecule has 0 aliphatic heterocycles. The third-order valence-electron chi connectivity index (χ3n) is 2.68. The van der Waals surface area contributed by atoms with E-state index in [1.165, 1.54) is 6.20 Å². The largest absolute Gasteiger partial charge is 0.451 e. The van der Waals surface area contributed by atoms with Gasteiger partial charge in [0.15, 0.2) is 5.76 Å². The standard InChI is InChI=1S/C14H11N3O2/c15-10-5-6-13(16-8-10)17-14(18)12-7-9-3-1-2-4-11(9)19-12/h1-8H,15H2,(H,16,17,18). The van der Waals surface area contributed by atoms with Crippen molar-refractivity contribution in [3.05, 3.63) is 54.4 Å². The molecule has 0 spiro atoms. The molecule has 0 atom stereocenters. The monoisotopic (exact) mass is 253 g/mol. The average Bonchev–Trinajstić information content (AvgIpc) is 2.85. The van der Waals surface area contributed by atoms with Gasteiger partial charge >= 0.3 is 0 Å². The number of nitrogens with two attached hydrogens (primary N) is 1. The predicted octanol–water partition coefficient (Wildman–Crippen LogP) is 2.66. The number of hydrogen-bond donors (Lipinski definition) is 2. The van der Waals surface area contributed by atoms with Gasteiger partial charge in [-0.3, -0.25) is 4.79 Å². The molecule has 0 bridgehead atoms. The fourth-order valence-corrected chi connectivity index (χ4v) is 1.75. The van der Waals surface area contributed by atoms with Crippen LogP contribution in [0.5, 0.6) is 0 Å². The maximum atomic E-state index is 12.0. The molecule has 0 unspecified atom stereocenters. The summed E-state index contributed by atoms with van der Waals surface area (Å²) in [5.74, 6) is 0.341. The highest BCUT2D eigenvalue weighted by atomic mass is 16.3. The number of nitrogens with one attached hydrogen (secondary N) is 1. The summed E-state index contributed by atoms with van der Waals surface area (Å²) in [6, 6.07) is 12.4. The van der Waals surface area contributed by atoms with Crippen LogP contribution in [0.4, 0.5) is 11.5 Å². The zero-order valence-electron chi connectivity index (χ0n) is 9.96. The zero-order chi connectivity index (χ0) is 13.2. The topological polar surface area (TPSA) is 81.1 Å². The molecule has 5 heteroatoms. The van der Waals surface area contributed by atoms with Gasteiger partial charge in [0.1, 0.15) is 11.4 Å². The molecule has 5 nitrogen and oxygen atoms in total. The number of amides is 1. The molecule has 0 aliphatic rings. The third kappa shape index (κ3) is 2.26. The van der Waals surface area contributed by atoms with Gasteiger partial charge in [0.2, 0.25) is 0 Å². The van der Waals surface area contributed by atoms with Crippen LogP contribution in [-0.2, 0) is 0 Å². The van der Waals surface area contributed by atoms with Crippen molar-refractivity contribution in [1.82, 2.24) is 4.98 Å². The van der Waals surface area contributed by atoms with Gasteiger partial charge in [0.25, 0.3) is 5.91 Å². The molecule has 0 saturated carbocycles. The first-order valence-corrected chi connectivity index (χ1v) is 5.74. The van der Waals surface area contributed by atoms with Gasteiger partial charge < -0.3 is 15.5 Å². The normalized spacial score (nSPS) is 10.5. The second-order valence-corrected chi connectivity index (χ2v) is 4.08. The van der Waals surface area contributed by atoms with Gasteiger partial charge in [-0.1, -0.05) is 18.2 Å². The molecule has 1 amide bonds. The quantitative estimate of drug-likeness (QED) is 0.735. The highest BCUT2D eigenvalue weighted by molar-refractivity contribution is 6.04. The minimum absolute atomic E-state index is 0.250. The summed E-state index contributed by atoms with van der Waals surface area (Å²) in [7, 11) is 0. The lowest BCUT2D eigenvalue weighted by molar-refractivity contribution is 0.0998. The number of aromatic nitrogens is 1. The molecule has 0 fully saturated rings. The van der Waals surface area contributed by atoms with Gasteiger partial charge in [-0.05, 0) is 24.3 Å². The molecule has 3 N–H and O–H groups in total. The fraction of sp³-hybridized carbons (Fsp3) is 0. The van der Waals surface area contributed by atoms with E-state index in [9.17, 15) is 4.79 Å². The Kier molecular flexibility index (Phi) is 2.64. The number of carbonyl (C=O) groups is 1. The van der Waals surface area contributed by atoms with Crippen LogP contribution in [0.25, 0.3) is 11.0 Å². The molecule has 2 heterocycles. The third-order valence-corrected chi connectivity index (χ3v) is 2.68. The highest BCUT2D eigenvalue weighted by Crippen LogP contribution is 2.19. The van der Waals surface area contributed by atoms with E-state index in [4.69, 9.17) is 10.2 Å². The zero-order valence-corrected chi connectivity index (χ0v) is 9.96. The Morgan fingerprint density at radius 1 is 1.21 bits per heavy atom. The number of rotatable bonds is 2. The van der Waals surface area contributed by atoms with Gasteiger partial charge in [-0.15, -0.1) is 0 Å². The van der Waals surface area contributed by atoms with Gasteiger partial charge in [0.05, 0.1) is 11.9 Å². The van der Waals surface area contributed by atoms with E-state index in [0.29, 0.717) is 17.1 Å². The van der Waals surface area contributed by atoms with Crippen molar-refractivity contribution >= 4 is 28.4 Å². The molecule has 1 aromatic carbocycles. The second-order valence-electron chi connectivity index (χ2n) is 4.08. The Morgan fingerprint density at radius 2 is 2.05 bits per heavy atom. The van der Waals surface area contributed by atoms with Gasteiger partial charge in [-0.25, -0.2) is 4.98 Å². The number of fused-ring (bicyclic) bond motifs is 1. The molecule has 0 saturated heterocycles. The molecule has 0 radical (unpaired) electrons. The summed E-state index contributed by atoms with van der Waals surface area (Å²) in [4.78, 5) is 16.0. The number of carbonyl (C=O) groups excluding carboxylic acids is 1. The van der Waals surface area contributed by atoms with Crippen LogP contribution in [0, 0.1) is 0 Å². The van der Waals surface area contributed by atoms with Crippen LogP contribution >= 0.6 is 0 Å². The van der Waals surface area contributed by atoms with Crippen molar-refractivity contribution < 1.29 is 9.21 Å². The summed E-state index contributed by atoms with van der Waals surface area (Å²) in [5.41, 5.74) is 6.75. The van der Waals surface area contributed by atoms with Gasteiger partial charge in [0, 0.05) is 5.39 Å². The maximum absolute atomic E-state index is 12.0. The first-order chi connectivity index (χ1) is 9.22. The van der Waals surface area contributed by atoms with E-state index in [0.717, 1.165) is 5.39 Å². The molecule has 94 valence electrons. The van der Waals surface area contributed by atoms with E-state index >= 15 is 0 Å². The van der Waals surface area contributed by atoms with Crippen LogP contribution in [0.1, 0.15) is 10.6 Å². The van der Waals surface area contributed by atoms with Crippen molar-refractivity contribution in [2.24, 2.45) is 0 Å². The van der Waals surface area contributed by atoms with Crippen molar-refractivity contribution in [1.29, 1.82) is 0 Å². The molecular formula is C14H11N3O2. The van der Waals surface area contributed by atoms with Crippen LogP contribution < -0.4 is 11.1 Å². The summed E-state index contributed by atoms with van der Waals surface area (Å²) < 4.78 is 5.46. The summed E-state index contributed by atoms with van der Waals surface area (Å²) in [6.45, 7) is 0. The second kappa shape index (κ2) is 4.45. The molecule has 3 aromatic rings. The van der Waals surface area contributed by atoms with E-state index < -0.39 is 0 Å². The van der Waals surface area contributed by atoms with Crippen molar-refractivity contribution in [3.8, 4) is 0 Å². The minimum Gasteiger partial charge on any atom is -0.451 e. The Morgan fingerprint density at radius 3 is 2.79 bits per heavy atom. The average molecular weight is 253 g/mol. The fourth-order valence-electron chi connectivity index (χ4n) is 1.75. The smallest absolute Gasteiger partial charge is 0.292 e. The molecule has 3 rings (SSSR count). The van der Waals surface area contributed by atoms with E-state index in [1.807, 2.05) is 24.3 Å². The van der Waals surface area contributed by atoms with Crippen LogP contribution in [0.2, 0.25) is 0 Å². The predicted molar refractivity (Wildman–Crippen MR) is 72.8 cm³/mol. The molecular weight excluding hydrogens is 242 g/mol. The Bertz CT molecular complexity index is 699. The lowest BCUT2D eigenvalue weighted by atomic mass is 10.2. The number of furan rings is 1. The van der Waals surface area contributed by atoms with E-state index in [2.05, 4.69) is 10.3 Å². The number of benzene rings is 1. The van der Waals surface area contributed by atoms with Crippen molar-refractivity contribution in [2.45, 2.75) is 0 Å². The van der Waals surface area contributed by atoms with Crippen molar-refractivity contribution in [2.75, 3.05) is 11.1 Å². The molecule has 19 heavy (non-hydrogen) atoms. The number of nitrogen functional groups attached to an aromatic ring is 1. The Balaban J connectivity index is 1.85. The van der Waals surface area contributed by atoms with Crippen molar-refractivity contribution in [3.63, 3.8) is 0 Å². The molecule has 0 aliphatic carbocycles. The van der Waals surface area contributed by atoms with Gasteiger partial charge in [-0.2, -0.15) is 0 Å². The van der Waals surface area contributed by atoms with Crippen LogP contribution in [0.3, 0.4) is 0 Å². The van der Waals surface area contributed by atoms with E-state index in [1.54, 1.807) is 18.2 Å². The van der Waals surface area contributed by atoms with Crippen LogP contribution in [-0.4, -0.2) is 10.9 Å². The summed E-state index contributed by atoms with van der Waals surface area (Å²) in [6.07, 6.45) is 1.48. The SMILES string of the molecule is Nc1ccc(NC(=O)c2cc3ccccc3o2)nc1. The molecule has 2 aromatic heterocycles. The van der Waals surface area contributed by atoms with Crippen LogP contribution in [0.15, 0.2) is 53.1 Å². The lowest BCUT2D eigenvalue weighted by Crippen LogP contribution is -2.11. The lowest BCUT2D eigenvalue weighted by Gasteiger charge is -2.01. The first-order valence-electron chi connectivity index (χ1n) is 5.74. The minimum atomic E-state index is -0.339. The van der Waals surface area contributed by atoms with E-state index in [-0.39, 0.29) is 11.7 Å². The number of para-hydroxylation sites is 1. The number of pyridine rings is 1. The Labute approximate surface area is 109 Å². The maximum Gasteiger partial charge on any atom is 0.292 e. The highest BCUT2D eigenvalue weighted by Gasteiger charge is 2.12. The summed E-state index contributed by atoms with van der Waals surface area (Å²) in [5, 5.41) is 3.53.